The lowest BCUT2D eigenvalue weighted by molar-refractivity contribution is 0.0762. The third-order valence-electron chi connectivity index (χ3n) is 5.91. The molecule has 138 valence electrons. The largest absolute Gasteiger partial charge is 0.338 e. The zero-order chi connectivity index (χ0) is 18.3. The number of carbonyl (C=O) groups is 1. The highest BCUT2D eigenvalue weighted by atomic mass is 32.1. The number of amides is 1. The first-order valence-electron chi connectivity index (χ1n) is 9.58. The summed E-state index contributed by atoms with van der Waals surface area (Å²) in [7, 11) is 0. The Bertz CT molecular complexity index is 815. The number of hydrogen-bond acceptors (Lipinski definition) is 4. The van der Waals surface area contributed by atoms with Crippen LogP contribution in [0.15, 0.2) is 18.2 Å². The van der Waals surface area contributed by atoms with Gasteiger partial charge in [0.15, 0.2) is 0 Å². The molecular weight excluding hydrogens is 342 g/mol. The molecule has 0 bridgehead atoms. The average molecular weight is 370 g/mol. The molecule has 0 aliphatic carbocycles. The van der Waals surface area contributed by atoms with Crippen LogP contribution in [-0.4, -0.2) is 42.0 Å². The molecule has 0 saturated carbocycles. The van der Waals surface area contributed by atoms with Crippen LogP contribution in [0.5, 0.6) is 0 Å². The van der Waals surface area contributed by atoms with E-state index < -0.39 is 0 Å². The molecule has 4 nitrogen and oxygen atoms in total. The summed E-state index contributed by atoms with van der Waals surface area (Å²) < 4.78 is 0. The number of aryl methyl sites for hydroxylation is 3. The maximum atomic E-state index is 13.2. The molecule has 1 amide bonds. The second-order valence-electron chi connectivity index (χ2n) is 7.80. The van der Waals surface area contributed by atoms with Crippen LogP contribution >= 0.6 is 11.3 Å². The molecule has 1 N–H and O–H groups in total. The van der Waals surface area contributed by atoms with Gasteiger partial charge in [-0.3, -0.25) is 4.79 Å². The quantitative estimate of drug-likeness (QED) is 0.876. The smallest absolute Gasteiger partial charge is 0.265 e. The molecule has 0 radical (unpaired) electrons. The molecule has 1 aromatic carbocycles. The van der Waals surface area contributed by atoms with Crippen LogP contribution in [-0.2, 0) is 0 Å². The van der Waals surface area contributed by atoms with Crippen LogP contribution in [0.25, 0.3) is 10.6 Å². The minimum absolute atomic E-state index is 0.170. The lowest BCUT2D eigenvalue weighted by atomic mass is 9.92. The minimum atomic E-state index is 0.170. The topological polar surface area (TPSA) is 45.2 Å². The van der Waals surface area contributed by atoms with Crippen molar-refractivity contribution in [1.82, 2.24) is 15.2 Å². The van der Waals surface area contributed by atoms with Crippen molar-refractivity contribution in [2.45, 2.75) is 33.6 Å². The number of nitrogens with one attached hydrogen (secondary N) is 1. The van der Waals surface area contributed by atoms with Crippen molar-refractivity contribution in [2.24, 2.45) is 11.8 Å². The molecular formula is C21H27N3OS. The number of carbonyl (C=O) groups excluding carboxylic acids is 1. The zero-order valence-electron chi connectivity index (χ0n) is 15.8. The van der Waals surface area contributed by atoms with Gasteiger partial charge in [-0.15, -0.1) is 11.3 Å². The number of hydrogen-bond donors (Lipinski definition) is 1. The number of thiazole rings is 1. The molecule has 2 aliphatic heterocycles. The van der Waals surface area contributed by atoms with Crippen molar-refractivity contribution < 1.29 is 4.79 Å². The van der Waals surface area contributed by atoms with Crippen LogP contribution in [0, 0.1) is 32.6 Å². The highest BCUT2D eigenvalue weighted by molar-refractivity contribution is 7.17. The molecule has 26 heavy (non-hydrogen) atoms. The lowest BCUT2D eigenvalue weighted by Crippen LogP contribution is -2.32. The molecule has 5 heteroatoms. The van der Waals surface area contributed by atoms with Crippen LogP contribution < -0.4 is 5.32 Å². The van der Waals surface area contributed by atoms with E-state index in [0.29, 0.717) is 0 Å². The highest BCUT2D eigenvalue weighted by Crippen LogP contribution is 2.33. The number of fused-ring (bicyclic) bond motifs is 1. The Labute approximate surface area is 159 Å². The third kappa shape index (κ3) is 3.30. The highest BCUT2D eigenvalue weighted by Gasteiger charge is 2.32. The van der Waals surface area contributed by atoms with Crippen molar-refractivity contribution in [3.05, 3.63) is 39.9 Å². The molecule has 3 heterocycles. The van der Waals surface area contributed by atoms with Crippen molar-refractivity contribution in [1.29, 1.82) is 0 Å². The maximum Gasteiger partial charge on any atom is 0.265 e. The molecule has 1 aromatic heterocycles. The van der Waals surface area contributed by atoms with Gasteiger partial charge in [-0.25, -0.2) is 4.98 Å². The van der Waals surface area contributed by atoms with Gasteiger partial charge in [-0.2, -0.15) is 0 Å². The van der Waals surface area contributed by atoms with Gasteiger partial charge in [0.05, 0.1) is 5.69 Å². The fourth-order valence-electron chi connectivity index (χ4n) is 4.33. The van der Waals surface area contributed by atoms with Gasteiger partial charge in [-0.05, 0) is 64.1 Å². The summed E-state index contributed by atoms with van der Waals surface area (Å²) in [6.45, 7) is 10.2. The van der Waals surface area contributed by atoms with Crippen molar-refractivity contribution in [2.75, 3.05) is 26.2 Å². The Kier molecular flexibility index (Phi) is 4.84. The van der Waals surface area contributed by atoms with Gasteiger partial charge in [0, 0.05) is 18.7 Å². The van der Waals surface area contributed by atoms with E-state index >= 15 is 0 Å². The molecule has 2 fully saturated rings. The van der Waals surface area contributed by atoms with Gasteiger partial charge >= 0.3 is 0 Å². The third-order valence-corrected chi connectivity index (χ3v) is 7.09. The number of benzene rings is 1. The van der Waals surface area contributed by atoms with Crippen LogP contribution in [0.4, 0.5) is 0 Å². The first-order valence-corrected chi connectivity index (χ1v) is 10.4. The van der Waals surface area contributed by atoms with E-state index in [0.717, 1.165) is 72.0 Å². The van der Waals surface area contributed by atoms with E-state index in [-0.39, 0.29) is 5.91 Å². The van der Waals surface area contributed by atoms with Crippen LogP contribution in [0.3, 0.4) is 0 Å². The van der Waals surface area contributed by atoms with E-state index in [1.165, 1.54) is 11.1 Å². The summed E-state index contributed by atoms with van der Waals surface area (Å²) in [4.78, 5) is 20.8. The van der Waals surface area contributed by atoms with Gasteiger partial charge in [0.2, 0.25) is 0 Å². The van der Waals surface area contributed by atoms with E-state index in [1.807, 2.05) is 6.92 Å². The molecule has 4 rings (SSSR count). The normalized spacial score (nSPS) is 23.0. The predicted octanol–water partition coefficient (Wildman–Crippen LogP) is 3.81. The first kappa shape index (κ1) is 17.7. The van der Waals surface area contributed by atoms with E-state index in [9.17, 15) is 4.79 Å². The van der Waals surface area contributed by atoms with Gasteiger partial charge < -0.3 is 10.2 Å². The molecule has 2 aromatic rings. The number of nitrogens with zero attached hydrogens (tertiary/aromatic N) is 2. The summed E-state index contributed by atoms with van der Waals surface area (Å²) in [5, 5.41) is 4.45. The Morgan fingerprint density at radius 1 is 1.15 bits per heavy atom. The fraction of sp³-hybridized carbons (Fsp3) is 0.524. The summed E-state index contributed by atoms with van der Waals surface area (Å²) in [6.07, 6.45) is 2.23. The second-order valence-corrected chi connectivity index (χ2v) is 8.80. The van der Waals surface area contributed by atoms with Gasteiger partial charge in [0.1, 0.15) is 9.88 Å². The average Bonchev–Trinajstić information content (AvgIpc) is 3.16. The van der Waals surface area contributed by atoms with Crippen molar-refractivity contribution in [3.63, 3.8) is 0 Å². The van der Waals surface area contributed by atoms with E-state index in [2.05, 4.69) is 42.3 Å². The van der Waals surface area contributed by atoms with E-state index in [4.69, 9.17) is 4.98 Å². The van der Waals surface area contributed by atoms with E-state index in [1.54, 1.807) is 11.3 Å². The van der Waals surface area contributed by atoms with Crippen molar-refractivity contribution >= 4 is 17.2 Å². The molecule has 2 aliphatic rings. The number of likely N-dealkylation sites (tertiary alicyclic amines) is 1. The standard InChI is InChI=1S/C21H27N3OS/c1-13-4-5-18(14(2)10-13)20-23-15(3)19(26-20)21(25)24-8-6-16-11-22-12-17(16)7-9-24/h4-5,10,16-17,22H,6-9,11-12H2,1-3H3/t16-,17+. The van der Waals surface area contributed by atoms with Gasteiger partial charge in [0.25, 0.3) is 5.91 Å². The fourth-order valence-corrected chi connectivity index (χ4v) is 5.45. The molecule has 0 spiro atoms. The molecule has 2 saturated heterocycles. The zero-order valence-corrected chi connectivity index (χ0v) is 16.7. The SMILES string of the molecule is Cc1ccc(-c2nc(C)c(C(=O)N3CC[C@@H]4CNC[C@@H]4CC3)s2)c(C)c1. The minimum Gasteiger partial charge on any atom is -0.338 e. The summed E-state index contributed by atoms with van der Waals surface area (Å²) in [5.74, 6) is 1.64. The summed E-state index contributed by atoms with van der Waals surface area (Å²) in [6, 6.07) is 6.41. The Morgan fingerprint density at radius 2 is 1.85 bits per heavy atom. The molecule has 2 atom stereocenters. The lowest BCUT2D eigenvalue weighted by Gasteiger charge is -2.20. The predicted molar refractivity (Wildman–Crippen MR) is 107 cm³/mol. The Morgan fingerprint density at radius 3 is 2.50 bits per heavy atom. The maximum absolute atomic E-state index is 13.2. The van der Waals surface area contributed by atoms with Crippen LogP contribution in [0.2, 0.25) is 0 Å². The van der Waals surface area contributed by atoms with Crippen LogP contribution in [0.1, 0.15) is 39.3 Å². The van der Waals surface area contributed by atoms with Gasteiger partial charge in [-0.1, -0.05) is 23.8 Å². The Hall–Kier alpha value is -1.72. The second kappa shape index (κ2) is 7.12. The number of aromatic nitrogens is 1. The van der Waals surface area contributed by atoms with Crippen molar-refractivity contribution in [3.8, 4) is 10.6 Å². The Balaban J connectivity index is 1.56. The summed E-state index contributed by atoms with van der Waals surface area (Å²) in [5.41, 5.74) is 4.47. The monoisotopic (exact) mass is 369 g/mol. The summed E-state index contributed by atoms with van der Waals surface area (Å²) >= 11 is 1.55. The number of rotatable bonds is 2. The first-order chi connectivity index (χ1) is 12.5. The molecule has 0 unspecified atom stereocenters.